The molecule has 21 heavy (non-hydrogen) atoms. The van der Waals surface area contributed by atoms with Crippen molar-refractivity contribution in [2.45, 2.75) is 23.8 Å². The van der Waals surface area contributed by atoms with Gasteiger partial charge in [-0.15, -0.1) is 0 Å². The number of aliphatic hydroxyl groups is 1. The molecule has 1 atom stereocenters. The first-order valence-corrected chi connectivity index (χ1v) is 8.07. The summed E-state index contributed by atoms with van der Waals surface area (Å²) in [6.45, 7) is 2.28. The third-order valence-corrected chi connectivity index (χ3v) is 4.59. The predicted molar refractivity (Wildman–Crippen MR) is 73.1 cm³/mol. The molecule has 0 spiro atoms. The van der Waals surface area contributed by atoms with Crippen LogP contribution in [0, 0.1) is 5.82 Å². The standard InChI is InChI=1S/C13H18FNO5S/c1-2-20-12-4-3-10(7-11(12)14)21(17,18)15-8-13(16)5-6-19-9-13/h3-4,7,15-16H,2,5-6,8-9H2,1H3/t13-/m0/s1. The van der Waals surface area contributed by atoms with Crippen molar-refractivity contribution >= 4 is 10.0 Å². The Morgan fingerprint density at radius 1 is 1.52 bits per heavy atom. The van der Waals surface area contributed by atoms with Gasteiger partial charge in [-0.25, -0.2) is 17.5 Å². The van der Waals surface area contributed by atoms with Gasteiger partial charge >= 0.3 is 0 Å². The van der Waals surface area contributed by atoms with E-state index in [4.69, 9.17) is 9.47 Å². The van der Waals surface area contributed by atoms with E-state index < -0.39 is 21.4 Å². The van der Waals surface area contributed by atoms with Gasteiger partial charge in [0, 0.05) is 19.6 Å². The Balaban J connectivity index is 2.10. The van der Waals surface area contributed by atoms with E-state index in [1.54, 1.807) is 6.92 Å². The summed E-state index contributed by atoms with van der Waals surface area (Å²) in [6.07, 6.45) is 0.354. The maximum Gasteiger partial charge on any atom is 0.240 e. The summed E-state index contributed by atoms with van der Waals surface area (Å²) in [5, 5.41) is 10.0. The first kappa shape index (κ1) is 16.2. The fraction of sp³-hybridized carbons (Fsp3) is 0.538. The number of nitrogens with one attached hydrogen (secondary N) is 1. The first-order chi connectivity index (χ1) is 9.86. The van der Waals surface area contributed by atoms with Crippen LogP contribution < -0.4 is 9.46 Å². The zero-order valence-electron chi connectivity index (χ0n) is 11.6. The van der Waals surface area contributed by atoms with E-state index in [9.17, 15) is 17.9 Å². The molecule has 2 rings (SSSR count). The molecule has 1 aromatic carbocycles. The number of ether oxygens (including phenoxy) is 2. The molecule has 0 bridgehead atoms. The second-order valence-corrected chi connectivity index (χ2v) is 6.64. The highest BCUT2D eigenvalue weighted by Crippen LogP contribution is 2.22. The second-order valence-electron chi connectivity index (χ2n) is 4.88. The smallest absolute Gasteiger partial charge is 0.240 e. The molecule has 6 nitrogen and oxygen atoms in total. The van der Waals surface area contributed by atoms with Crippen LogP contribution in [0.15, 0.2) is 23.1 Å². The van der Waals surface area contributed by atoms with E-state index in [0.29, 0.717) is 13.0 Å². The van der Waals surface area contributed by atoms with Gasteiger partial charge in [0.15, 0.2) is 11.6 Å². The van der Waals surface area contributed by atoms with E-state index in [1.807, 2.05) is 0 Å². The number of rotatable bonds is 6. The number of benzene rings is 1. The third kappa shape index (κ3) is 3.91. The van der Waals surface area contributed by atoms with Crippen LogP contribution in [0.1, 0.15) is 13.3 Å². The SMILES string of the molecule is CCOc1ccc(S(=O)(=O)NC[C@@]2(O)CCOC2)cc1F. The van der Waals surface area contributed by atoms with Gasteiger partial charge in [0.05, 0.1) is 18.1 Å². The summed E-state index contributed by atoms with van der Waals surface area (Å²) in [6, 6.07) is 3.41. The largest absolute Gasteiger partial charge is 0.491 e. The molecule has 1 heterocycles. The van der Waals surface area contributed by atoms with Gasteiger partial charge < -0.3 is 14.6 Å². The first-order valence-electron chi connectivity index (χ1n) is 6.58. The van der Waals surface area contributed by atoms with E-state index in [0.717, 1.165) is 6.07 Å². The summed E-state index contributed by atoms with van der Waals surface area (Å²) in [5.41, 5.74) is -1.21. The Morgan fingerprint density at radius 2 is 2.29 bits per heavy atom. The quantitative estimate of drug-likeness (QED) is 0.804. The van der Waals surface area contributed by atoms with Gasteiger partial charge in [-0.2, -0.15) is 0 Å². The molecular formula is C13H18FNO5S. The molecule has 1 aliphatic heterocycles. The van der Waals surface area contributed by atoms with E-state index in [-0.39, 0.29) is 30.4 Å². The van der Waals surface area contributed by atoms with E-state index >= 15 is 0 Å². The van der Waals surface area contributed by atoms with E-state index in [2.05, 4.69) is 4.72 Å². The zero-order valence-corrected chi connectivity index (χ0v) is 12.5. The monoisotopic (exact) mass is 319 g/mol. The Labute approximate surface area is 122 Å². The highest BCUT2D eigenvalue weighted by molar-refractivity contribution is 7.89. The molecule has 8 heteroatoms. The Bertz CT molecular complexity index is 599. The van der Waals surface area contributed by atoms with Crippen LogP contribution >= 0.6 is 0 Å². The van der Waals surface area contributed by atoms with Crippen molar-refractivity contribution in [1.82, 2.24) is 4.72 Å². The van der Waals surface area contributed by atoms with Gasteiger partial charge in [-0.1, -0.05) is 0 Å². The molecule has 2 N–H and O–H groups in total. The van der Waals surface area contributed by atoms with Crippen molar-refractivity contribution in [1.29, 1.82) is 0 Å². The average Bonchev–Trinajstić information content (AvgIpc) is 2.87. The highest BCUT2D eigenvalue weighted by Gasteiger charge is 2.33. The van der Waals surface area contributed by atoms with Crippen LogP contribution in [-0.4, -0.2) is 45.5 Å². The Hall–Kier alpha value is -1.22. The minimum Gasteiger partial charge on any atom is -0.491 e. The average molecular weight is 319 g/mol. The van der Waals surface area contributed by atoms with Crippen molar-refractivity contribution in [3.05, 3.63) is 24.0 Å². The minimum atomic E-state index is -3.90. The molecule has 1 saturated heterocycles. The number of halogens is 1. The topological polar surface area (TPSA) is 84.9 Å². The van der Waals surface area contributed by atoms with Crippen molar-refractivity contribution in [2.75, 3.05) is 26.4 Å². The van der Waals surface area contributed by atoms with Gasteiger partial charge in [0.2, 0.25) is 10.0 Å². The number of hydrogen-bond donors (Lipinski definition) is 2. The van der Waals surface area contributed by atoms with Crippen molar-refractivity contribution in [3.63, 3.8) is 0 Å². The molecule has 0 saturated carbocycles. The second kappa shape index (κ2) is 6.27. The van der Waals surface area contributed by atoms with E-state index in [1.165, 1.54) is 12.1 Å². The van der Waals surface area contributed by atoms with Crippen LogP contribution in [0.4, 0.5) is 4.39 Å². The fourth-order valence-electron chi connectivity index (χ4n) is 1.97. The predicted octanol–water partition coefficient (Wildman–Crippen LogP) is 0.654. The zero-order chi connectivity index (χ0) is 15.5. The van der Waals surface area contributed by atoms with Gasteiger partial charge in [-0.05, 0) is 25.1 Å². The van der Waals surface area contributed by atoms with Crippen molar-refractivity contribution < 1.29 is 27.4 Å². The van der Waals surface area contributed by atoms with Gasteiger partial charge in [0.1, 0.15) is 5.60 Å². The maximum absolute atomic E-state index is 13.7. The highest BCUT2D eigenvalue weighted by atomic mass is 32.2. The third-order valence-electron chi connectivity index (χ3n) is 3.19. The van der Waals surface area contributed by atoms with Crippen molar-refractivity contribution in [3.8, 4) is 5.75 Å². The number of sulfonamides is 1. The lowest BCUT2D eigenvalue weighted by atomic mass is 10.1. The van der Waals surface area contributed by atoms with Crippen LogP contribution in [0.25, 0.3) is 0 Å². The molecule has 118 valence electrons. The minimum absolute atomic E-state index is 0.000675. The Morgan fingerprint density at radius 3 is 2.86 bits per heavy atom. The Kier molecular flexibility index (Phi) is 4.82. The summed E-state index contributed by atoms with van der Waals surface area (Å²) in [5.74, 6) is -0.748. The normalized spacial score (nSPS) is 22.4. The summed E-state index contributed by atoms with van der Waals surface area (Å²) < 4.78 is 50.2. The molecule has 0 radical (unpaired) electrons. The molecular weight excluding hydrogens is 301 g/mol. The number of hydrogen-bond acceptors (Lipinski definition) is 5. The van der Waals surface area contributed by atoms with Crippen LogP contribution in [-0.2, 0) is 14.8 Å². The fourth-order valence-corrected chi connectivity index (χ4v) is 3.10. The van der Waals surface area contributed by atoms with Gasteiger partial charge in [-0.3, -0.25) is 0 Å². The molecule has 1 fully saturated rings. The maximum atomic E-state index is 13.7. The molecule has 0 amide bonds. The molecule has 1 aliphatic rings. The summed E-state index contributed by atoms with van der Waals surface area (Å²) in [4.78, 5) is -0.217. The lowest BCUT2D eigenvalue weighted by molar-refractivity contribution is 0.0314. The lowest BCUT2D eigenvalue weighted by Crippen LogP contribution is -2.43. The van der Waals surface area contributed by atoms with Crippen molar-refractivity contribution in [2.24, 2.45) is 0 Å². The summed E-state index contributed by atoms with van der Waals surface area (Å²) >= 11 is 0. The lowest BCUT2D eigenvalue weighted by Gasteiger charge is -2.20. The molecule has 0 unspecified atom stereocenters. The van der Waals surface area contributed by atoms with Crippen LogP contribution in [0.3, 0.4) is 0 Å². The van der Waals surface area contributed by atoms with Gasteiger partial charge in [0.25, 0.3) is 0 Å². The molecule has 1 aromatic rings. The van der Waals surface area contributed by atoms with Crippen LogP contribution in [0.2, 0.25) is 0 Å². The summed E-state index contributed by atoms with van der Waals surface area (Å²) in [7, 11) is -3.90. The molecule has 0 aromatic heterocycles. The molecule has 0 aliphatic carbocycles. The van der Waals surface area contributed by atoms with Crippen LogP contribution in [0.5, 0.6) is 5.75 Å².